The van der Waals surface area contributed by atoms with Gasteiger partial charge < -0.3 is 26.0 Å². The lowest BCUT2D eigenvalue weighted by molar-refractivity contribution is 0.0923. The Hall–Kier alpha value is -4.40. The van der Waals surface area contributed by atoms with Crippen molar-refractivity contribution in [3.63, 3.8) is 0 Å². The summed E-state index contributed by atoms with van der Waals surface area (Å²) >= 11 is 0. The fourth-order valence-electron chi connectivity index (χ4n) is 5.56. The number of benzene rings is 2. The van der Waals surface area contributed by atoms with Crippen molar-refractivity contribution in [2.75, 3.05) is 4.90 Å². The third-order valence-electron chi connectivity index (χ3n) is 7.38. The van der Waals surface area contributed by atoms with Gasteiger partial charge in [-0.3, -0.25) is 9.59 Å². The highest BCUT2D eigenvalue weighted by Crippen LogP contribution is 2.38. The van der Waals surface area contributed by atoms with Gasteiger partial charge in [0.2, 0.25) is 0 Å². The van der Waals surface area contributed by atoms with Crippen LogP contribution in [0.2, 0.25) is 0 Å². The first-order valence-corrected chi connectivity index (χ1v) is 12.8. The Labute approximate surface area is 221 Å². The zero-order valence-electron chi connectivity index (χ0n) is 21.2. The van der Waals surface area contributed by atoms with Gasteiger partial charge in [-0.15, -0.1) is 0 Å². The molecule has 3 atom stereocenters. The van der Waals surface area contributed by atoms with E-state index in [-0.39, 0.29) is 35.7 Å². The molecule has 9 nitrogen and oxygen atoms in total. The molecule has 196 valence electrons. The summed E-state index contributed by atoms with van der Waals surface area (Å²) in [5, 5.41) is 6.10. The van der Waals surface area contributed by atoms with Gasteiger partial charge in [0.05, 0.1) is 5.56 Å². The first-order valence-electron chi connectivity index (χ1n) is 12.8. The van der Waals surface area contributed by atoms with Gasteiger partial charge in [-0.1, -0.05) is 36.4 Å². The van der Waals surface area contributed by atoms with Crippen molar-refractivity contribution in [1.29, 1.82) is 0 Å². The molecule has 3 heterocycles. The van der Waals surface area contributed by atoms with E-state index in [1.54, 1.807) is 31.3 Å². The number of primary amides is 1. The number of piperidine rings is 1. The van der Waals surface area contributed by atoms with Crippen molar-refractivity contribution in [1.82, 2.24) is 15.6 Å². The molecule has 5 rings (SSSR count). The highest BCUT2D eigenvalue weighted by Gasteiger charge is 2.42. The largest absolute Gasteiger partial charge is 0.410 e. The van der Waals surface area contributed by atoms with Crippen LogP contribution in [0.3, 0.4) is 0 Å². The quantitative estimate of drug-likeness (QED) is 0.442. The maximum absolute atomic E-state index is 13.1. The maximum atomic E-state index is 13.1. The highest BCUT2D eigenvalue weighted by atomic mass is 16.5. The number of hydrogen-bond acceptors (Lipinski definition) is 6. The lowest BCUT2D eigenvalue weighted by atomic mass is 9.96. The minimum atomic E-state index is -0.913. The summed E-state index contributed by atoms with van der Waals surface area (Å²) in [6.45, 7) is 2.20. The van der Waals surface area contributed by atoms with Gasteiger partial charge >= 0.3 is 6.09 Å². The smallest absolute Gasteiger partial charge is 0.409 e. The van der Waals surface area contributed by atoms with Crippen LogP contribution in [0.25, 0.3) is 0 Å². The number of aromatic nitrogens is 1. The molecule has 2 aliphatic rings. The average molecular weight is 514 g/mol. The lowest BCUT2D eigenvalue weighted by Crippen LogP contribution is -2.50. The molecule has 2 aromatic carbocycles. The Balaban J connectivity index is 1.20. The standard InChI is InChI=1S/C29H31N5O4/c1-18-24(8-5-9-25(18)38-29(30)37)28(36)33-21-14-22-11-12-23(15-21)34(22)26-13-10-20(17-31-26)27(35)32-16-19-6-3-2-4-7-19/h2-10,13,17,21-23H,11-12,14-16H2,1H3,(H2,30,37)(H,32,35)(H,33,36)/t21-,22+,23-. The number of carbonyl (C=O) groups is 3. The molecule has 38 heavy (non-hydrogen) atoms. The summed E-state index contributed by atoms with van der Waals surface area (Å²) in [5.41, 5.74) is 7.73. The van der Waals surface area contributed by atoms with Crippen molar-refractivity contribution in [2.45, 2.75) is 57.3 Å². The molecule has 4 N–H and O–H groups in total. The van der Waals surface area contributed by atoms with E-state index >= 15 is 0 Å². The maximum Gasteiger partial charge on any atom is 0.409 e. The van der Waals surface area contributed by atoms with Gasteiger partial charge in [0.1, 0.15) is 11.6 Å². The highest BCUT2D eigenvalue weighted by molar-refractivity contribution is 5.96. The zero-order chi connectivity index (χ0) is 26.6. The number of anilines is 1. The van der Waals surface area contributed by atoms with E-state index in [1.807, 2.05) is 42.5 Å². The van der Waals surface area contributed by atoms with E-state index in [2.05, 4.69) is 20.5 Å². The number of ether oxygens (including phenoxy) is 1. The zero-order valence-corrected chi connectivity index (χ0v) is 21.2. The van der Waals surface area contributed by atoms with Gasteiger partial charge in [0.15, 0.2) is 0 Å². The van der Waals surface area contributed by atoms with Gasteiger partial charge in [0.25, 0.3) is 11.8 Å². The van der Waals surface area contributed by atoms with Crippen molar-refractivity contribution in [2.24, 2.45) is 5.73 Å². The van der Waals surface area contributed by atoms with E-state index in [0.717, 1.165) is 37.1 Å². The Morgan fingerprint density at radius 1 is 0.974 bits per heavy atom. The normalized spacial score (nSPS) is 20.0. The number of nitrogens with zero attached hydrogens (tertiary/aromatic N) is 2. The number of hydrogen-bond donors (Lipinski definition) is 3. The van der Waals surface area contributed by atoms with Crippen LogP contribution in [-0.2, 0) is 6.54 Å². The van der Waals surface area contributed by atoms with E-state index < -0.39 is 6.09 Å². The lowest BCUT2D eigenvalue weighted by Gasteiger charge is -2.40. The average Bonchev–Trinajstić information content (AvgIpc) is 3.18. The van der Waals surface area contributed by atoms with Crippen LogP contribution < -0.4 is 26.0 Å². The molecule has 3 amide bonds. The Kier molecular flexibility index (Phi) is 7.26. The van der Waals surface area contributed by atoms with E-state index in [9.17, 15) is 14.4 Å². The monoisotopic (exact) mass is 513 g/mol. The molecule has 0 unspecified atom stereocenters. The number of carbonyl (C=O) groups excluding carboxylic acids is 3. The minimum absolute atomic E-state index is 0.0272. The summed E-state index contributed by atoms with van der Waals surface area (Å²) in [6.07, 6.45) is 4.38. The van der Waals surface area contributed by atoms with Crippen LogP contribution in [0.4, 0.5) is 10.6 Å². The number of fused-ring (bicyclic) bond motifs is 2. The Morgan fingerprint density at radius 3 is 2.37 bits per heavy atom. The Morgan fingerprint density at radius 2 is 1.71 bits per heavy atom. The topological polar surface area (TPSA) is 127 Å². The number of nitrogens with one attached hydrogen (secondary N) is 2. The van der Waals surface area contributed by atoms with Gasteiger partial charge in [-0.2, -0.15) is 0 Å². The molecular weight excluding hydrogens is 482 g/mol. The van der Waals surface area contributed by atoms with Crippen LogP contribution in [0.5, 0.6) is 5.75 Å². The van der Waals surface area contributed by atoms with Gasteiger partial charge in [-0.25, -0.2) is 9.78 Å². The first kappa shape index (κ1) is 25.3. The van der Waals surface area contributed by atoms with Crippen LogP contribution in [0, 0.1) is 6.92 Å². The molecule has 3 aromatic rings. The Bertz CT molecular complexity index is 1310. The summed E-state index contributed by atoms with van der Waals surface area (Å²) < 4.78 is 5.01. The number of nitrogens with two attached hydrogens (primary N) is 1. The molecule has 2 fully saturated rings. The second kappa shape index (κ2) is 10.9. The molecular formula is C29H31N5O4. The molecule has 0 aliphatic carbocycles. The molecule has 0 spiro atoms. The molecule has 0 saturated carbocycles. The predicted molar refractivity (Wildman–Crippen MR) is 143 cm³/mol. The first-order chi connectivity index (χ1) is 18.4. The summed E-state index contributed by atoms with van der Waals surface area (Å²) in [4.78, 5) is 43.7. The summed E-state index contributed by atoms with van der Waals surface area (Å²) in [5.74, 6) is 0.787. The second-order valence-corrected chi connectivity index (χ2v) is 9.86. The SMILES string of the molecule is Cc1c(OC(N)=O)cccc1C(=O)N[C@H]1C[C@H]2CC[C@@H](C1)N2c1ccc(C(=O)NCc2ccccc2)cn1. The van der Waals surface area contributed by atoms with E-state index in [4.69, 9.17) is 10.5 Å². The van der Waals surface area contributed by atoms with E-state index in [1.165, 1.54) is 0 Å². The molecule has 1 aromatic heterocycles. The van der Waals surface area contributed by atoms with Crippen molar-refractivity contribution >= 4 is 23.7 Å². The molecule has 2 aliphatic heterocycles. The van der Waals surface area contributed by atoms with Gasteiger partial charge in [-0.05, 0) is 62.4 Å². The molecule has 0 radical (unpaired) electrons. The van der Waals surface area contributed by atoms with Crippen LogP contribution in [-0.4, -0.2) is 41.0 Å². The molecule has 2 saturated heterocycles. The van der Waals surface area contributed by atoms with Crippen molar-refractivity contribution in [3.8, 4) is 5.75 Å². The fraction of sp³-hybridized carbons (Fsp3) is 0.310. The molecule has 9 heteroatoms. The third kappa shape index (κ3) is 5.46. The number of rotatable bonds is 7. The third-order valence-corrected chi connectivity index (χ3v) is 7.38. The minimum Gasteiger partial charge on any atom is -0.410 e. The number of amides is 3. The fourth-order valence-corrected chi connectivity index (χ4v) is 5.56. The van der Waals surface area contributed by atoms with Crippen LogP contribution >= 0.6 is 0 Å². The summed E-state index contributed by atoms with van der Waals surface area (Å²) in [6, 6.07) is 19.1. The van der Waals surface area contributed by atoms with Crippen molar-refractivity contribution < 1.29 is 19.1 Å². The summed E-state index contributed by atoms with van der Waals surface area (Å²) in [7, 11) is 0. The number of pyridine rings is 1. The van der Waals surface area contributed by atoms with Crippen LogP contribution in [0.1, 0.15) is 57.5 Å². The van der Waals surface area contributed by atoms with E-state index in [0.29, 0.717) is 23.2 Å². The van der Waals surface area contributed by atoms with Crippen LogP contribution in [0.15, 0.2) is 66.9 Å². The molecule has 2 bridgehead atoms. The second-order valence-electron chi connectivity index (χ2n) is 9.86. The van der Waals surface area contributed by atoms with Gasteiger partial charge in [0, 0.05) is 42.0 Å². The van der Waals surface area contributed by atoms with Crippen molar-refractivity contribution in [3.05, 3.63) is 89.1 Å². The predicted octanol–water partition coefficient (Wildman–Crippen LogP) is 3.71.